The molecule has 0 spiro atoms. The maximum absolute atomic E-state index is 11.9. The maximum Gasteiger partial charge on any atom is 0.319 e. The second-order valence-corrected chi connectivity index (χ2v) is 5.61. The number of aliphatic carboxylic acids is 1. The Balaban J connectivity index is 2.73. The van der Waals surface area contributed by atoms with E-state index in [4.69, 9.17) is 5.11 Å². The molecule has 0 saturated carbocycles. The van der Waals surface area contributed by atoms with Crippen LogP contribution in [0.15, 0.2) is 12.4 Å². The SMILES string of the molecule is CC(C)C(C(=O)O)S(=O)Cc1cnn(C)c1. The normalized spacial score (nSPS) is 15.0. The predicted octanol–water partition coefficient (Wildman–Crippen LogP) is 0.778. The molecule has 1 N–H and O–H groups in total. The molecule has 0 aliphatic heterocycles. The molecule has 1 heterocycles. The fraction of sp³-hybridized carbons (Fsp3) is 0.600. The van der Waals surface area contributed by atoms with Crippen molar-refractivity contribution in [3.05, 3.63) is 18.0 Å². The number of rotatable bonds is 5. The van der Waals surface area contributed by atoms with Crippen LogP contribution in [0.25, 0.3) is 0 Å². The van der Waals surface area contributed by atoms with Gasteiger partial charge in [0.2, 0.25) is 0 Å². The van der Waals surface area contributed by atoms with Crippen molar-refractivity contribution in [1.29, 1.82) is 0 Å². The molecule has 0 fully saturated rings. The first-order chi connectivity index (χ1) is 7.41. The third-order valence-electron chi connectivity index (χ3n) is 2.20. The Hall–Kier alpha value is -1.17. The summed E-state index contributed by atoms with van der Waals surface area (Å²) in [6, 6.07) is 0. The molecule has 0 saturated heterocycles. The van der Waals surface area contributed by atoms with Crippen LogP contribution in [-0.4, -0.2) is 30.3 Å². The van der Waals surface area contributed by atoms with Gasteiger partial charge in [0, 0.05) is 29.6 Å². The average Bonchev–Trinajstić information content (AvgIpc) is 2.49. The van der Waals surface area contributed by atoms with E-state index in [9.17, 15) is 9.00 Å². The molecule has 1 aromatic heterocycles. The van der Waals surface area contributed by atoms with Crippen LogP contribution in [0.4, 0.5) is 0 Å². The summed E-state index contributed by atoms with van der Waals surface area (Å²) in [6.07, 6.45) is 3.36. The van der Waals surface area contributed by atoms with Crippen LogP contribution in [0.2, 0.25) is 0 Å². The van der Waals surface area contributed by atoms with Gasteiger partial charge in [-0.3, -0.25) is 13.7 Å². The minimum absolute atomic E-state index is 0.144. The number of carboxylic acid groups (broad SMARTS) is 1. The lowest BCUT2D eigenvalue weighted by atomic mass is 10.1. The molecule has 2 atom stereocenters. The first kappa shape index (κ1) is 12.9. The molecule has 0 radical (unpaired) electrons. The third-order valence-corrected chi connectivity index (χ3v) is 4.13. The van der Waals surface area contributed by atoms with Crippen molar-refractivity contribution in [2.75, 3.05) is 0 Å². The number of aromatic nitrogens is 2. The smallest absolute Gasteiger partial charge is 0.319 e. The van der Waals surface area contributed by atoms with Crippen molar-refractivity contribution in [3.63, 3.8) is 0 Å². The average molecular weight is 244 g/mol. The molecule has 6 heteroatoms. The molecule has 0 amide bonds. The van der Waals surface area contributed by atoms with E-state index in [0.717, 1.165) is 5.56 Å². The fourth-order valence-corrected chi connectivity index (χ4v) is 2.99. The number of carbonyl (C=O) groups is 1. The quantitative estimate of drug-likeness (QED) is 0.830. The molecule has 16 heavy (non-hydrogen) atoms. The monoisotopic (exact) mass is 244 g/mol. The zero-order chi connectivity index (χ0) is 12.3. The van der Waals surface area contributed by atoms with Crippen LogP contribution in [0.5, 0.6) is 0 Å². The minimum atomic E-state index is -1.41. The number of carboxylic acids is 1. The van der Waals surface area contributed by atoms with Crippen molar-refractivity contribution in [1.82, 2.24) is 9.78 Å². The minimum Gasteiger partial charge on any atom is -0.480 e. The molecule has 2 unspecified atom stereocenters. The van der Waals surface area contributed by atoms with Crippen LogP contribution in [0.3, 0.4) is 0 Å². The summed E-state index contributed by atoms with van der Waals surface area (Å²) >= 11 is 0. The number of hydrogen-bond acceptors (Lipinski definition) is 3. The van der Waals surface area contributed by atoms with E-state index in [2.05, 4.69) is 5.10 Å². The molecule has 0 aromatic carbocycles. The second-order valence-electron chi connectivity index (χ2n) is 4.05. The van der Waals surface area contributed by atoms with Crippen molar-refractivity contribution in [2.45, 2.75) is 24.9 Å². The summed E-state index contributed by atoms with van der Waals surface area (Å²) in [5, 5.41) is 12.1. The molecular formula is C10H16N2O3S. The van der Waals surface area contributed by atoms with Crippen LogP contribution >= 0.6 is 0 Å². The lowest BCUT2D eigenvalue weighted by Crippen LogP contribution is -2.31. The Morgan fingerprint density at radius 3 is 2.62 bits per heavy atom. The van der Waals surface area contributed by atoms with Gasteiger partial charge in [0.25, 0.3) is 0 Å². The summed E-state index contributed by atoms with van der Waals surface area (Å²) in [5.74, 6) is -0.907. The summed E-state index contributed by atoms with van der Waals surface area (Å²) in [4.78, 5) is 11.0. The van der Waals surface area contributed by atoms with E-state index in [0.29, 0.717) is 0 Å². The van der Waals surface area contributed by atoms with E-state index in [1.54, 1.807) is 38.0 Å². The van der Waals surface area contributed by atoms with Crippen molar-refractivity contribution in [3.8, 4) is 0 Å². The van der Waals surface area contributed by atoms with Gasteiger partial charge >= 0.3 is 5.97 Å². The second kappa shape index (κ2) is 5.25. The molecular weight excluding hydrogens is 228 g/mol. The van der Waals surface area contributed by atoms with E-state index in [1.807, 2.05) is 0 Å². The fourth-order valence-electron chi connectivity index (χ4n) is 1.50. The van der Waals surface area contributed by atoms with Gasteiger partial charge in [-0.05, 0) is 5.92 Å². The third kappa shape index (κ3) is 3.16. The Labute approximate surface area is 96.9 Å². The van der Waals surface area contributed by atoms with Gasteiger partial charge in [-0.15, -0.1) is 0 Å². The van der Waals surface area contributed by atoms with E-state index in [1.165, 1.54) is 0 Å². The van der Waals surface area contributed by atoms with E-state index >= 15 is 0 Å². The highest BCUT2D eigenvalue weighted by Crippen LogP contribution is 2.14. The zero-order valence-corrected chi connectivity index (χ0v) is 10.4. The van der Waals surface area contributed by atoms with Gasteiger partial charge in [-0.2, -0.15) is 5.10 Å². The number of aryl methyl sites for hydroxylation is 1. The first-order valence-corrected chi connectivity index (χ1v) is 6.37. The van der Waals surface area contributed by atoms with Gasteiger partial charge in [-0.1, -0.05) is 13.8 Å². The summed E-state index contributed by atoms with van der Waals surface area (Å²) < 4.78 is 13.5. The topological polar surface area (TPSA) is 72.2 Å². The predicted molar refractivity (Wildman–Crippen MR) is 61.3 cm³/mol. The Morgan fingerprint density at radius 1 is 1.62 bits per heavy atom. The summed E-state index contributed by atoms with van der Waals surface area (Å²) in [7, 11) is 0.359. The first-order valence-electron chi connectivity index (χ1n) is 4.99. The lowest BCUT2D eigenvalue weighted by Gasteiger charge is -2.14. The van der Waals surface area contributed by atoms with Crippen LogP contribution in [0, 0.1) is 5.92 Å². The molecule has 1 rings (SSSR count). The highest BCUT2D eigenvalue weighted by atomic mass is 32.2. The highest BCUT2D eigenvalue weighted by Gasteiger charge is 2.28. The number of hydrogen-bond donors (Lipinski definition) is 1. The van der Waals surface area contributed by atoms with Gasteiger partial charge in [0.05, 0.1) is 11.9 Å². The number of nitrogens with zero attached hydrogens (tertiary/aromatic N) is 2. The Kier molecular flexibility index (Phi) is 4.23. The lowest BCUT2D eigenvalue weighted by molar-refractivity contribution is -0.137. The molecule has 0 aliphatic carbocycles. The van der Waals surface area contributed by atoms with E-state index in [-0.39, 0.29) is 11.7 Å². The van der Waals surface area contributed by atoms with E-state index < -0.39 is 22.0 Å². The van der Waals surface area contributed by atoms with Gasteiger partial charge < -0.3 is 5.11 Å². The van der Waals surface area contributed by atoms with Crippen molar-refractivity contribution < 1.29 is 14.1 Å². The molecule has 1 aromatic rings. The van der Waals surface area contributed by atoms with Crippen molar-refractivity contribution in [2.24, 2.45) is 13.0 Å². The molecule has 90 valence electrons. The summed E-state index contributed by atoms with van der Waals surface area (Å²) in [5.41, 5.74) is 0.799. The molecule has 5 nitrogen and oxygen atoms in total. The Bertz CT molecular complexity index is 401. The van der Waals surface area contributed by atoms with Gasteiger partial charge in [0.15, 0.2) is 0 Å². The largest absolute Gasteiger partial charge is 0.480 e. The van der Waals surface area contributed by atoms with Crippen LogP contribution in [-0.2, 0) is 28.4 Å². The van der Waals surface area contributed by atoms with Crippen LogP contribution < -0.4 is 0 Å². The molecule has 0 bridgehead atoms. The summed E-state index contributed by atoms with van der Waals surface area (Å²) in [6.45, 7) is 3.53. The maximum atomic E-state index is 11.9. The molecule has 0 aliphatic rings. The Morgan fingerprint density at radius 2 is 2.25 bits per heavy atom. The zero-order valence-electron chi connectivity index (χ0n) is 9.58. The highest BCUT2D eigenvalue weighted by molar-refractivity contribution is 7.85. The van der Waals surface area contributed by atoms with Gasteiger partial charge in [-0.25, -0.2) is 0 Å². The van der Waals surface area contributed by atoms with Crippen molar-refractivity contribution >= 4 is 16.8 Å². The van der Waals surface area contributed by atoms with Crippen LogP contribution in [0.1, 0.15) is 19.4 Å². The van der Waals surface area contributed by atoms with Gasteiger partial charge in [0.1, 0.15) is 5.25 Å². The standard InChI is InChI=1S/C10H16N2O3S/c1-7(2)9(10(13)14)16(15)6-8-4-11-12(3)5-8/h4-5,7,9H,6H2,1-3H3,(H,13,14).